The van der Waals surface area contributed by atoms with E-state index in [1.165, 1.54) is 11.0 Å². The Kier molecular flexibility index (Phi) is 3.51. The molecule has 0 fully saturated rings. The van der Waals surface area contributed by atoms with Crippen molar-refractivity contribution in [3.05, 3.63) is 84.1 Å². The normalized spacial score (nSPS) is 11.3. The number of hydrogen-bond donors (Lipinski definition) is 1. The summed E-state index contributed by atoms with van der Waals surface area (Å²) in [6.45, 7) is 0. The van der Waals surface area contributed by atoms with Gasteiger partial charge in [-0.3, -0.25) is 5.41 Å². The van der Waals surface area contributed by atoms with Gasteiger partial charge >= 0.3 is 0 Å². The van der Waals surface area contributed by atoms with Crippen LogP contribution < -0.4 is 5.49 Å². The summed E-state index contributed by atoms with van der Waals surface area (Å²) < 4.78 is 7.19. The van der Waals surface area contributed by atoms with E-state index in [2.05, 4.69) is 10.1 Å². The molecule has 0 radical (unpaired) electrons. The summed E-state index contributed by atoms with van der Waals surface area (Å²) in [7, 11) is 0. The smallest absolute Gasteiger partial charge is 0.231 e. The largest absolute Gasteiger partial charge is 0.438 e. The van der Waals surface area contributed by atoms with Crippen molar-refractivity contribution in [3.63, 3.8) is 0 Å². The average Bonchev–Trinajstić information content (AvgIpc) is 3.08. The first-order valence-electron chi connectivity index (χ1n) is 7.52. The maximum atomic E-state index is 8.33. The SMILES string of the molecule is N=c1c2cc(-c3ccccc3)oc2ncn1/N=C/c1ccccc1. The van der Waals surface area contributed by atoms with Crippen LogP contribution in [0.15, 0.2) is 82.6 Å². The van der Waals surface area contributed by atoms with E-state index in [1.54, 1.807) is 6.21 Å². The molecule has 4 rings (SSSR count). The Labute approximate surface area is 138 Å². The standard InChI is InChI=1S/C19H14N4O/c20-18-16-11-17(15-9-5-2-6-10-15)24-19(16)21-13-23(18)22-12-14-7-3-1-4-8-14/h1-13,20H/b20-18?,22-12+. The fourth-order valence-corrected chi connectivity index (χ4v) is 2.44. The van der Waals surface area contributed by atoms with Crippen molar-refractivity contribution in [2.45, 2.75) is 0 Å². The first-order chi connectivity index (χ1) is 11.8. The molecule has 0 saturated heterocycles. The second kappa shape index (κ2) is 5.96. The molecule has 0 atom stereocenters. The maximum Gasteiger partial charge on any atom is 0.231 e. The lowest BCUT2D eigenvalue weighted by Crippen LogP contribution is -2.16. The molecule has 5 nitrogen and oxygen atoms in total. The fourth-order valence-electron chi connectivity index (χ4n) is 2.44. The topological polar surface area (TPSA) is 67.2 Å². The van der Waals surface area contributed by atoms with E-state index in [-0.39, 0.29) is 5.49 Å². The highest BCUT2D eigenvalue weighted by molar-refractivity contribution is 5.80. The van der Waals surface area contributed by atoms with Crippen molar-refractivity contribution in [2.75, 3.05) is 0 Å². The number of nitrogens with one attached hydrogen (secondary N) is 1. The predicted molar refractivity (Wildman–Crippen MR) is 92.7 cm³/mol. The van der Waals surface area contributed by atoms with Crippen molar-refractivity contribution in [1.82, 2.24) is 9.66 Å². The molecular weight excluding hydrogens is 300 g/mol. The number of hydrogen-bond acceptors (Lipinski definition) is 4. The van der Waals surface area contributed by atoms with Gasteiger partial charge in [0, 0.05) is 5.56 Å². The van der Waals surface area contributed by atoms with Crippen LogP contribution in [-0.4, -0.2) is 15.9 Å². The van der Waals surface area contributed by atoms with Crippen LogP contribution in [0.3, 0.4) is 0 Å². The van der Waals surface area contributed by atoms with Crippen LogP contribution >= 0.6 is 0 Å². The van der Waals surface area contributed by atoms with Crippen molar-refractivity contribution >= 4 is 17.3 Å². The monoisotopic (exact) mass is 314 g/mol. The predicted octanol–water partition coefficient (Wildman–Crippen LogP) is 3.66. The highest BCUT2D eigenvalue weighted by Gasteiger charge is 2.09. The summed E-state index contributed by atoms with van der Waals surface area (Å²) in [5.74, 6) is 0.691. The molecule has 24 heavy (non-hydrogen) atoms. The zero-order valence-corrected chi connectivity index (χ0v) is 12.8. The number of benzene rings is 2. The molecule has 0 unspecified atom stereocenters. The Bertz CT molecular complexity index is 1060. The zero-order valence-electron chi connectivity index (χ0n) is 12.8. The maximum absolute atomic E-state index is 8.33. The Morgan fingerprint density at radius 3 is 2.46 bits per heavy atom. The summed E-state index contributed by atoms with van der Waals surface area (Å²) in [5.41, 5.74) is 2.58. The van der Waals surface area contributed by atoms with E-state index in [9.17, 15) is 0 Å². The van der Waals surface area contributed by atoms with Gasteiger partial charge in [0.1, 0.15) is 12.1 Å². The molecule has 2 aromatic heterocycles. The van der Waals surface area contributed by atoms with E-state index < -0.39 is 0 Å². The highest BCUT2D eigenvalue weighted by atomic mass is 16.3. The van der Waals surface area contributed by atoms with Gasteiger partial charge in [-0.15, -0.1) is 0 Å². The molecule has 0 saturated carbocycles. The van der Waals surface area contributed by atoms with E-state index in [0.717, 1.165) is 11.1 Å². The third-order valence-corrected chi connectivity index (χ3v) is 3.67. The number of rotatable bonds is 3. The van der Waals surface area contributed by atoms with Gasteiger partial charge in [0.05, 0.1) is 11.6 Å². The van der Waals surface area contributed by atoms with Crippen LogP contribution in [0.4, 0.5) is 0 Å². The van der Waals surface area contributed by atoms with Crippen LogP contribution in [0.1, 0.15) is 5.56 Å². The minimum absolute atomic E-state index is 0.234. The van der Waals surface area contributed by atoms with Crippen molar-refractivity contribution < 1.29 is 4.42 Å². The van der Waals surface area contributed by atoms with Gasteiger partial charge in [0.25, 0.3) is 0 Å². The van der Waals surface area contributed by atoms with Gasteiger partial charge in [-0.25, -0.2) is 9.66 Å². The Morgan fingerprint density at radius 1 is 1.00 bits per heavy atom. The van der Waals surface area contributed by atoms with Crippen LogP contribution in [0.5, 0.6) is 0 Å². The third-order valence-electron chi connectivity index (χ3n) is 3.67. The van der Waals surface area contributed by atoms with Gasteiger partial charge in [0.2, 0.25) is 5.71 Å². The Balaban J connectivity index is 1.76. The molecule has 0 spiro atoms. The van der Waals surface area contributed by atoms with Gasteiger partial charge < -0.3 is 4.42 Å². The van der Waals surface area contributed by atoms with E-state index in [1.807, 2.05) is 66.7 Å². The molecule has 0 aliphatic rings. The van der Waals surface area contributed by atoms with Crippen LogP contribution in [-0.2, 0) is 0 Å². The first-order valence-corrected chi connectivity index (χ1v) is 7.52. The number of furan rings is 1. The average molecular weight is 314 g/mol. The highest BCUT2D eigenvalue weighted by Crippen LogP contribution is 2.24. The number of fused-ring (bicyclic) bond motifs is 1. The summed E-state index contributed by atoms with van der Waals surface area (Å²) in [4.78, 5) is 4.26. The Hall–Kier alpha value is -3.47. The molecule has 0 aliphatic carbocycles. The van der Waals surface area contributed by atoms with Crippen LogP contribution in [0.2, 0.25) is 0 Å². The van der Waals surface area contributed by atoms with E-state index in [0.29, 0.717) is 16.9 Å². The summed E-state index contributed by atoms with van der Waals surface area (Å²) in [6.07, 6.45) is 3.19. The van der Waals surface area contributed by atoms with Crippen LogP contribution in [0.25, 0.3) is 22.4 Å². The summed E-state index contributed by atoms with van der Waals surface area (Å²) >= 11 is 0. The van der Waals surface area contributed by atoms with E-state index in [4.69, 9.17) is 9.83 Å². The van der Waals surface area contributed by atoms with Crippen molar-refractivity contribution in [3.8, 4) is 11.3 Å². The molecule has 0 amide bonds. The summed E-state index contributed by atoms with van der Waals surface area (Å²) in [6, 6.07) is 21.3. The molecule has 1 N–H and O–H groups in total. The molecule has 2 aromatic carbocycles. The lowest BCUT2D eigenvalue weighted by atomic mass is 10.2. The molecule has 2 heterocycles. The molecule has 116 valence electrons. The zero-order chi connectivity index (χ0) is 16.4. The van der Waals surface area contributed by atoms with Gasteiger partial charge in [-0.05, 0) is 11.6 Å². The molecule has 0 bridgehead atoms. The fraction of sp³-hybridized carbons (Fsp3) is 0. The number of aromatic nitrogens is 2. The lowest BCUT2D eigenvalue weighted by Gasteiger charge is -1.98. The first kappa shape index (κ1) is 14.1. The second-order valence-corrected chi connectivity index (χ2v) is 5.29. The third kappa shape index (κ3) is 2.63. The van der Waals surface area contributed by atoms with Crippen molar-refractivity contribution in [2.24, 2.45) is 5.10 Å². The Morgan fingerprint density at radius 2 is 1.71 bits per heavy atom. The molecular formula is C19H14N4O. The summed E-state index contributed by atoms with van der Waals surface area (Å²) in [5, 5.41) is 13.3. The minimum Gasteiger partial charge on any atom is -0.438 e. The van der Waals surface area contributed by atoms with Gasteiger partial charge in [0.15, 0.2) is 5.49 Å². The molecule has 4 aromatic rings. The van der Waals surface area contributed by atoms with Crippen molar-refractivity contribution in [1.29, 1.82) is 5.41 Å². The minimum atomic E-state index is 0.234. The molecule has 5 heteroatoms. The lowest BCUT2D eigenvalue weighted by molar-refractivity contribution is 0.612. The van der Waals surface area contributed by atoms with Gasteiger partial charge in [-0.2, -0.15) is 5.10 Å². The van der Waals surface area contributed by atoms with Crippen LogP contribution in [0, 0.1) is 5.41 Å². The quantitative estimate of drug-likeness (QED) is 0.586. The molecule has 0 aliphatic heterocycles. The van der Waals surface area contributed by atoms with E-state index >= 15 is 0 Å². The second-order valence-electron chi connectivity index (χ2n) is 5.29. The number of nitrogens with zero attached hydrogens (tertiary/aromatic N) is 3. The van der Waals surface area contributed by atoms with Gasteiger partial charge in [-0.1, -0.05) is 60.7 Å².